The number of aromatic nitrogens is 2. The van der Waals surface area contributed by atoms with Gasteiger partial charge < -0.3 is 20.3 Å². The molecule has 3 rings (SSSR count). The molecule has 0 unspecified atom stereocenters. The van der Waals surface area contributed by atoms with Gasteiger partial charge in [-0.2, -0.15) is 0 Å². The maximum atomic E-state index is 12.6. The van der Waals surface area contributed by atoms with E-state index < -0.39 is 0 Å². The first-order chi connectivity index (χ1) is 13.0. The first kappa shape index (κ1) is 20.7. The lowest BCUT2D eigenvalue weighted by Gasteiger charge is -2.25. The van der Waals surface area contributed by atoms with Crippen molar-refractivity contribution in [1.82, 2.24) is 14.7 Å². The van der Waals surface area contributed by atoms with Crippen LogP contribution in [-0.2, 0) is 11.2 Å². The number of nitrogens with one attached hydrogen (secondary N) is 1. The molecule has 8 heteroatoms. The van der Waals surface area contributed by atoms with Gasteiger partial charge in [0.05, 0.1) is 18.9 Å². The number of carboxylic acid groups (broad SMARTS) is 1. The molecule has 148 valence electrons. The van der Waals surface area contributed by atoms with Gasteiger partial charge in [-0.25, -0.2) is 4.98 Å². The Morgan fingerprint density at radius 3 is 2.78 bits per heavy atom. The molecule has 1 atom stereocenters. The lowest BCUT2D eigenvalue weighted by Crippen LogP contribution is -2.36. The van der Waals surface area contributed by atoms with E-state index in [0.29, 0.717) is 36.0 Å². The van der Waals surface area contributed by atoms with Gasteiger partial charge >= 0.3 is 0 Å². The number of carbonyl (C=O) groups is 2. The quantitative estimate of drug-likeness (QED) is 0.635. The zero-order chi connectivity index (χ0) is 19.8. The number of amides is 1. The van der Waals surface area contributed by atoms with Gasteiger partial charge in [-0.15, -0.1) is 0 Å². The molecule has 0 bridgehead atoms. The molecule has 1 amide bonds. The molecule has 0 spiro atoms. The number of fused-ring (bicyclic) bond motifs is 1. The fourth-order valence-corrected chi connectivity index (χ4v) is 2.89. The molecule has 1 fully saturated rings. The summed E-state index contributed by atoms with van der Waals surface area (Å²) in [6, 6.07) is 3.47. The molecule has 1 aliphatic rings. The maximum Gasteiger partial charge on any atom is 0.290 e. The summed E-state index contributed by atoms with van der Waals surface area (Å²) in [6.07, 6.45) is 6.22. The van der Waals surface area contributed by atoms with E-state index in [0.717, 1.165) is 5.69 Å². The fraction of sp³-hybridized carbons (Fsp3) is 0.526. The highest BCUT2D eigenvalue weighted by atomic mass is 16.5. The van der Waals surface area contributed by atoms with Crippen molar-refractivity contribution in [2.45, 2.75) is 45.6 Å². The van der Waals surface area contributed by atoms with Crippen LogP contribution in [0.25, 0.3) is 5.65 Å². The molecule has 27 heavy (non-hydrogen) atoms. The SMILES string of the molecule is CCc1nc2c(OCC3CCC3)cccn2c1C(=O)N[C@@H](C)CO.O=CO. The molecule has 2 aromatic heterocycles. The number of aliphatic hydroxyl groups is 1. The van der Waals surface area contributed by atoms with Crippen molar-refractivity contribution in [3.05, 3.63) is 29.7 Å². The van der Waals surface area contributed by atoms with Crippen molar-refractivity contribution in [2.24, 2.45) is 5.92 Å². The van der Waals surface area contributed by atoms with Crippen molar-refractivity contribution in [2.75, 3.05) is 13.2 Å². The minimum atomic E-state index is -0.300. The highest BCUT2D eigenvalue weighted by Crippen LogP contribution is 2.29. The van der Waals surface area contributed by atoms with Crippen LogP contribution in [0.1, 0.15) is 49.3 Å². The second-order valence-electron chi connectivity index (χ2n) is 6.60. The number of aryl methyl sites for hydroxylation is 1. The smallest absolute Gasteiger partial charge is 0.290 e. The number of aliphatic hydroxyl groups excluding tert-OH is 1. The first-order valence-corrected chi connectivity index (χ1v) is 9.17. The van der Waals surface area contributed by atoms with E-state index in [1.807, 2.05) is 25.3 Å². The van der Waals surface area contributed by atoms with Gasteiger partial charge in [-0.1, -0.05) is 13.3 Å². The second-order valence-corrected chi connectivity index (χ2v) is 6.60. The molecule has 1 aliphatic carbocycles. The Labute approximate surface area is 158 Å². The van der Waals surface area contributed by atoms with Crippen LogP contribution in [0.5, 0.6) is 5.75 Å². The van der Waals surface area contributed by atoms with E-state index in [2.05, 4.69) is 10.3 Å². The normalized spacial score (nSPS) is 14.6. The van der Waals surface area contributed by atoms with E-state index in [1.165, 1.54) is 19.3 Å². The number of carbonyl (C=O) groups excluding carboxylic acids is 1. The number of hydrogen-bond donors (Lipinski definition) is 3. The number of hydrogen-bond acceptors (Lipinski definition) is 5. The first-order valence-electron chi connectivity index (χ1n) is 9.17. The van der Waals surface area contributed by atoms with Gasteiger partial charge in [0.15, 0.2) is 11.4 Å². The molecule has 0 radical (unpaired) electrons. The topological polar surface area (TPSA) is 113 Å². The molecule has 8 nitrogen and oxygen atoms in total. The Bertz CT molecular complexity index is 770. The summed E-state index contributed by atoms with van der Waals surface area (Å²) >= 11 is 0. The third-order valence-electron chi connectivity index (χ3n) is 4.59. The molecule has 2 aromatic rings. The summed E-state index contributed by atoms with van der Waals surface area (Å²) in [5, 5.41) is 18.8. The third kappa shape index (κ3) is 4.97. The zero-order valence-corrected chi connectivity index (χ0v) is 15.7. The van der Waals surface area contributed by atoms with Crippen LogP contribution in [0.3, 0.4) is 0 Å². The van der Waals surface area contributed by atoms with Crippen LogP contribution < -0.4 is 10.1 Å². The van der Waals surface area contributed by atoms with Crippen LogP contribution in [0.15, 0.2) is 18.3 Å². The van der Waals surface area contributed by atoms with Gasteiger partial charge in [-0.05, 0) is 44.2 Å². The van der Waals surface area contributed by atoms with Gasteiger partial charge in [-0.3, -0.25) is 14.0 Å². The molecule has 0 saturated heterocycles. The van der Waals surface area contributed by atoms with Gasteiger partial charge in [0.1, 0.15) is 5.69 Å². The van der Waals surface area contributed by atoms with Crippen LogP contribution in [0.2, 0.25) is 0 Å². The van der Waals surface area contributed by atoms with Crippen LogP contribution >= 0.6 is 0 Å². The highest BCUT2D eigenvalue weighted by Gasteiger charge is 2.22. The fourth-order valence-electron chi connectivity index (χ4n) is 2.89. The summed E-state index contributed by atoms with van der Waals surface area (Å²) in [4.78, 5) is 25.6. The van der Waals surface area contributed by atoms with Crippen molar-refractivity contribution in [3.63, 3.8) is 0 Å². The van der Waals surface area contributed by atoms with E-state index >= 15 is 0 Å². The van der Waals surface area contributed by atoms with Crippen molar-refractivity contribution >= 4 is 18.0 Å². The highest BCUT2D eigenvalue weighted by molar-refractivity contribution is 5.95. The molecule has 0 aliphatic heterocycles. The summed E-state index contributed by atoms with van der Waals surface area (Å²) in [7, 11) is 0. The lowest BCUT2D eigenvalue weighted by atomic mass is 9.86. The predicted octanol–water partition coefficient (Wildman–Crippen LogP) is 1.89. The average Bonchev–Trinajstić information content (AvgIpc) is 3.00. The number of imidazole rings is 1. The molecule has 1 saturated carbocycles. The van der Waals surface area contributed by atoms with Gasteiger partial charge in [0, 0.05) is 12.2 Å². The summed E-state index contributed by atoms with van der Waals surface area (Å²) in [5.41, 5.74) is 1.93. The molecular formula is C19H27N3O5. The van der Waals surface area contributed by atoms with E-state index in [1.54, 1.807) is 11.3 Å². The number of pyridine rings is 1. The number of nitrogens with zero attached hydrogens (tertiary/aromatic N) is 2. The Morgan fingerprint density at radius 2 is 2.22 bits per heavy atom. The maximum absolute atomic E-state index is 12.6. The van der Waals surface area contributed by atoms with E-state index in [9.17, 15) is 4.79 Å². The van der Waals surface area contributed by atoms with Crippen LogP contribution in [0, 0.1) is 5.92 Å². The van der Waals surface area contributed by atoms with E-state index in [-0.39, 0.29) is 25.0 Å². The zero-order valence-electron chi connectivity index (χ0n) is 15.7. The molecule has 3 N–H and O–H groups in total. The molecule has 0 aromatic carbocycles. The van der Waals surface area contributed by atoms with Gasteiger partial charge in [0.25, 0.3) is 12.4 Å². The molecule has 2 heterocycles. The average molecular weight is 377 g/mol. The van der Waals surface area contributed by atoms with Crippen molar-refractivity contribution in [1.29, 1.82) is 0 Å². The minimum Gasteiger partial charge on any atom is -0.489 e. The summed E-state index contributed by atoms with van der Waals surface area (Å²) in [5.74, 6) is 1.13. The Hall–Kier alpha value is -2.61. The minimum absolute atomic E-state index is 0.0975. The van der Waals surface area contributed by atoms with Crippen molar-refractivity contribution in [3.8, 4) is 5.75 Å². The lowest BCUT2D eigenvalue weighted by molar-refractivity contribution is -0.122. The molecular weight excluding hydrogens is 350 g/mol. The van der Waals surface area contributed by atoms with Crippen LogP contribution in [0.4, 0.5) is 0 Å². The monoisotopic (exact) mass is 377 g/mol. The van der Waals surface area contributed by atoms with Crippen molar-refractivity contribution < 1.29 is 24.5 Å². The predicted molar refractivity (Wildman–Crippen MR) is 100 cm³/mol. The standard InChI is InChI=1S/C18H25N3O3.CH2O2/c1-3-14-16(18(23)19-12(2)10-22)21-9-5-8-15(17(21)20-14)24-11-13-6-4-7-13;2-1-3/h5,8-9,12-13,22H,3-4,6-7,10-11H2,1-2H3,(H,19,23);1H,(H,2,3)/t12-;/m0./s1. The number of rotatable bonds is 7. The van der Waals surface area contributed by atoms with Gasteiger partial charge in [0.2, 0.25) is 0 Å². The Morgan fingerprint density at radius 1 is 1.52 bits per heavy atom. The number of ether oxygens (including phenoxy) is 1. The second kappa shape index (κ2) is 9.91. The Balaban J connectivity index is 0.000000817. The van der Waals surface area contributed by atoms with Crippen LogP contribution in [-0.4, -0.2) is 51.2 Å². The van der Waals surface area contributed by atoms with E-state index in [4.69, 9.17) is 19.7 Å². The summed E-state index contributed by atoms with van der Waals surface area (Å²) in [6.45, 7) is 4.10. The Kier molecular flexibility index (Phi) is 7.60. The largest absolute Gasteiger partial charge is 0.489 e. The summed E-state index contributed by atoms with van der Waals surface area (Å²) < 4.78 is 7.75. The third-order valence-corrected chi connectivity index (χ3v) is 4.59.